The third-order valence-corrected chi connectivity index (χ3v) is 4.73. The minimum Gasteiger partial charge on any atom is -0.492 e. The van der Waals surface area contributed by atoms with Gasteiger partial charge in [0.25, 0.3) is 0 Å². The maximum Gasteiger partial charge on any atom is 0.226 e. The molecule has 1 heterocycles. The van der Waals surface area contributed by atoms with Crippen LogP contribution in [0.15, 0.2) is 48.5 Å². The van der Waals surface area contributed by atoms with Gasteiger partial charge >= 0.3 is 0 Å². The summed E-state index contributed by atoms with van der Waals surface area (Å²) < 4.78 is 5.58. The van der Waals surface area contributed by atoms with E-state index in [0.29, 0.717) is 19.6 Å². The first kappa shape index (κ1) is 19.1. The molecule has 2 N–H and O–H groups in total. The highest BCUT2D eigenvalue weighted by atomic mass is 16.5. The average molecular weight is 367 g/mol. The van der Waals surface area contributed by atoms with Crippen LogP contribution in [0.1, 0.15) is 32.6 Å². The molecular formula is C22H29N3O2. The van der Waals surface area contributed by atoms with Crippen molar-refractivity contribution < 1.29 is 9.53 Å². The molecule has 1 amide bonds. The SMILES string of the molecule is CCOc1ccccc1NCCC(=O)Nc1ccc(N2CCCCC2)cc1. The Morgan fingerprint density at radius 2 is 1.78 bits per heavy atom. The van der Waals surface area contributed by atoms with Gasteiger partial charge in [0.05, 0.1) is 12.3 Å². The molecule has 5 heteroatoms. The summed E-state index contributed by atoms with van der Waals surface area (Å²) in [5, 5.41) is 6.24. The number of benzene rings is 2. The van der Waals surface area contributed by atoms with Crippen LogP contribution < -0.4 is 20.3 Å². The van der Waals surface area contributed by atoms with Gasteiger partial charge in [-0.25, -0.2) is 0 Å². The number of rotatable bonds is 8. The zero-order chi connectivity index (χ0) is 18.9. The Kier molecular flexibility index (Phi) is 6.97. The predicted octanol–water partition coefficient (Wildman–Crippen LogP) is 4.52. The molecule has 1 aliphatic rings. The van der Waals surface area contributed by atoms with Crippen molar-refractivity contribution in [3.05, 3.63) is 48.5 Å². The third kappa shape index (κ3) is 5.64. The summed E-state index contributed by atoms with van der Waals surface area (Å²) in [6, 6.07) is 15.9. The van der Waals surface area contributed by atoms with E-state index >= 15 is 0 Å². The van der Waals surface area contributed by atoms with E-state index in [1.54, 1.807) is 0 Å². The molecule has 5 nitrogen and oxygen atoms in total. The third-order valence-electron chi connectivity index (χ3n) is 4.73. The van der Waals surface area contributed by atoms with Crippen LogP contribution in [-0.2, 0) is 4.79 Å². The smallest absolute Gasteiger partial charge is 0.226 e. The maximum absolute atomic E-state index is 12.2. The highest BCUT2D eigenvalue weighted by Gasteiger charge is 2.11. The highest BCUT2D eigenvalue weighted by molar-refractivity contribution is 5.91. The Balaban J connectivity index is 1.45. The predicted molar refractivity (Wildman–Crippen MR) is 112 cm³/mol. The quantitative estimate of drug-likeness (QED) is 0.720. The molecule has 0 bridgehead atoms. The lowest BCUT2D eigenvalue weighted by Gasteiger charge is -2.28. The Morgan fingerprint density at radius 1 is 1.04 bits per heavy atom. The highest BCUT2D eigenvalue weighted by Crippen LogP contribution is 2.24. The molecule has 1 saturated heterocycles. The number of piperidine rings is 1. The summed E-state index contributed by atoms with van der Waals surface area (Å²) in [6.07, 6.45) is 4.25. The molecule has 0 aromatic heterocycles. The minimum absolute atomic E-state index is 0.00196. The van der Waals surface area contributed by atoms with Crippen LogP contribution in [0.5, 0.6) is 5.75 Å². The molecule has 0 saturated carbocycles. The fourth-order valence-corrected chi connectivity index (χ4v) is 3.34. The Labute approximate surface area is 161 Å². The molecule has 2 aromatic carbocycles. The first-order chi connectivity index (χ1) is 13.3. The van der Waals surface area contributed by atoms with E-state index in [4.69, 9.17) is 4.74 Å². The number of hydrogen-bond acceptors (Lipinski definition) is 4. The number of nitrogens with zero attached hydrogens (tertiary/aromatic N) is 1. The van der Waals surface area contributed by atoms with Gasteiger partial charge in [-0.15, -0.1) is 0 Å². The van der Waals surface area contributed by atoms with Crippen molar-refractivity contribution in [2.24, 2.45) is 0 Å². The van der Waals surface area contributed by atoms with Gasteiger partial charge in [-0.3, -0.25) is 4.79 Å². The fraction of sp³-hybridized carbons (Fsp3) is 0.409. The van der Waals surface area contributed by atoms with Crippen molar-refractivity contribution in [3.8, 4) is 5.75 Å². The van der Waals surface area contributed by atoms with E-state index in [2.05, 4.69) is 27.7 Å². The number of anilines is 3. The second-order valence-electron chi connectivity index (χ2n) is 6.75. The van der Waals surface area contributed by atoms with Gasteiger partial charge in [0, 0.05) is 37.4 Å². The van der Waals surface area contributed by atoms with Gasteiger partial charge in [-0.1, -0.05) is 12.1 Å². The van der Waals surface area contributed by atoms with Crippen LogP contribution in [0.2, 0.25) is 0 Å². The molecule has 1 fully saturated rings. The van der Waals surface area contributed by atoms with E-state index < -0.39 is 0 Å². The number of carbonyl (C=O) groups excluding carboxylic acids is 1. The second-order valence-corrected chi connectivity index (χ2v) is 6.75. The number of para-hydroxylation sites is 2. The summed E-state index contributed by atoms with van der Waals surface area (Å²) >= 11 is 0. The summed E-state index contributed by atoms with van der Waals surface area (Å²) in [7, 11) is 0. The van der Waals surface area contributed by atoms with Crippen LogP contribution in [0.3, 0.4) is 0 Å². The van der Waals surface area contributed by atoms with Crippen LogP contribution in [-0.4, -0.2) is 32.1 Å². The van der Waals surface area contributed by atoms with E-state index in [0.717, 1.165) is 30.2 Å². The van der Waals surface area contributed by atoms with Gasteiger partial charge in [-0.2, -0.15) is 0 Å². The summed E-state index contributed by atoms with van der Waals surface area (Å²) in [5.74, 6) is 0.816. The first-order valence-electron chi connectivity index (χ1n) is 9.87. The molecule has 27 heavy (non-hydrogen) atoms. The molecule has 1 aliphatic heterocycles. The monoisotopic (exact) mass is 367 g/mol. The lowest BCUT2D eigenvalue weighted by molar-refractivity contribution is -0.115. The first-order valence-corrected chi connectivity index (χ1v) is 9.87. The normalized spacial score (nSPS) is 13.9. The van der Waals surface area contributed by atoms with Gasteiger partial charge in [0.2, 0.25) is 5.91 Å². The Bertz CT molecular complexity index is 725. The molecule has 0 spiro atoms. The van der Waals surface area contributed by atoms with Gasteiger partial charge < -0.3 is 20.3 Å². The van der Waals surface area contributed by atoms with Crippen LogP contribution in [0, 0.1) is 0 Å². The zero-order valence-electron chi connectivity index (χ0n) is 16.0. The number of amides is 1. The largest absolute Gasteiger partial charge is 0.492 e. The molecule has 2 aromatic rings. The lowest BCUT2D eigenvalue weighted by Crippen LogP contribution is -2.29. The molecule has 0 aliphatic carbocycles. The van der Waals surface area contributed by atoms with Crippen molar-refractivity contribution in [1.29, 1.82) is 0 Å². The number of carbonyl (C=O) groups is 1. The van der Waals surface area contributed by atoms with E-state index in [9.17, 15) is 4.79 Å². The summed E-state index contributed by atoms with van der Waals surface area (Å²) in [5.41, 5.74) is 3.00. The van der Waals surface area contributed by atoms with E-state index in [-0.39, 0.29) is 5.91 Å². The molecular weight excluding hydrogens is 338 g/mol. The number of nitrogens with one attached hydrogen (secondary N) is 2. The molecule has 0 unspecified atom stereocenters. The molecule has 0 atom stereocenters. The van der Waals surface area contributed by atoms with Gasteiger partial charge in [0.1, 0.15) is 5.75 Å². The molecule has 3 rings (SSSR count). The van der Waals surface area contributed by atoms with Crippen LogP contribution in [0.25, 0.3) is 0 Å². The Morgan fingerprint density at radius 3 is 2.52 bits per heavy atom. The number of hydrogen-bond donors (Lipinski definition) is 2. The molecule has 144 valence electrons. The van der Waals surface area contributed by atoms with Crippen LogP contribution in [0.4, 0.5) is 17.1 Å². The average Bonchev–Trinajstić information content (AvgIpc) is 2.71. The minimum atomic E-state index is 0.00196. The van der Waals surface area contributed by atoms with Gasteiger partial charge in [-0.05, 0) is 62.6 Å². The summed E-state index contributed by atoms with van der Waals surface area (Å²) in [6.45, 7) is 5.39. The molecule has 0 radical (unpaired) electrons. The van der Waals surface area contributed by atoms with Crippen LogP contribution >= 0.6 is 0 Å². The van der Waals surface area contributed by atoms with Crippen molar-refractivity contribution in [2.45, 2.75) is 32.6 Å². The summed E-state index contributed by atoms with van der Waals surface area (Å²) in [4.78, 5) is 14.6. The standard InChI is InChI=1S/C22H29N3O2/c1-2-27-21-9-5-4-8-20(21)23-15-14-22(26)24-18-10-12-19(13-11-18)25-16-6-3-7-17-25/h4-5,8-13,23H,2-3,6-7,14-17H2,1H3,(H,24,26). The van der Waals surface area contributed by atoms with Gasteiger partial charge in [0.15, 0.2) is 0 Å². The van der Waals surface area contributed by atoms with E-state index in [1.807, 2.05) is 43.3 Å². The zero-order valence-corrected chi connectivity index (χ0v) is 16.0. The van der Waals surface area contributed by atoms with E-state index in [1.165, 1.54) is 24.9 Å². The maximum atomic E-state index is 12.2. The number of ether oxygens (including phenoxy) is 1. The lowest BCUT2D eigenvalue weighted by atomic mass is 10.1. The Hall–Kier alpha value is -2.69. The van der Waals surface area contributed by atoms with Crippen molar-refractivity contribution in [1.82, 2.24) is 0 Å². The fourth-order valence-electron chi connectivity index (χ4n) is 3.34. The second kappa shape index (κ2) is 9.86. The van der Waals surface area contributed by atoms with Crippen molar-refractivity contribution >= 4 is 23.0 Å². The van der Waals surface area contributed by atoms with Crippen molar-refractivity contribution in [2.75, 3.05) is 41.8 Å². The van der Waals surface area contributed by atoms with Crippen molar-refractivity contribution in [3.63, 3.8) is 0 Å². The topological polar surface area (TPSA) is 53.6 Å².